The number of aromatic nitrogens is 4. The third-order valence-corrected chi connectivity index (χ3v) is 4.82. The lowest BCUT2D eigenvalue weighted by Gasteiger charge is -2.32. The van der Waals surface area contributed by atoms with Crippen LogP contribution in [0.1, 0.15) is 18.9 Å². The lowest BCUT2D eigenvalue weighted by Crippen LogP contribution is -2.43. The predicted octanol–water partition coefficient (Wildman–Crippen LogP) is 0.750. The molecule has 0 radical (unpaired) electrons. The van der Waals surface area contributed by atoms with E-state index in [4.69, 9.17) is 0 Å². The first-order chi connectivity index (χ1) is 12.6. The average Bonchev–Trinajstić information content (AvgIpc) is 3.04. The summed E-state index contributed by atoms with van der Waals surface area (Å²) in [5.74, 6) is 0.0186. The zero-order chi connectivity index (χ0) is 18.1. The molecule has 0 unspecified atom stereocenters. The number of H-pyrrole nitrogens is 1. The van der Waals surface area contributed by atoms with Crippen LogP contribution in [0.15, 0.2) is 52.3 Å². The molecule has 8 nitrogen and oxygen atoms in total. The minimum Gasteiger partial charge on any atom is -0.341 e. The van der Waals surface area contributed by atoms with Crippen LogP contribution in [0.3, 0.4) is 0 Å². The molecular formula is C18H19N5O3. The van der Waals surface area contributed by atoms with E-state index in [-0.39, 0.29) is 18.5 Å². The van der Waals surface area contributed by atoms with Gasteiger partial charge in [-0.15, -0.1) is 0 Å². The number of hydrogen-bond donors (Lipinski definition) is 1. The highest BCUT2D eigenvalue weighted by Gasteiger charge is 2.24. The molecule has 1 amide bonds. The molecule has 2 aromatic heterocycles. The number of carbonyl (C=O) groups excluding carboxylic acids is 1. The van der Waals surface area contributed by atoms with Crippen LogP contribution in [0.4, 0.5) is 0 Å². The second-order valence-electron chi connectivity index (χ2n) is 6.51. The molecule has 0 spiro atoms. The Bertz CT molecular complexity index is 1020. The zero-order valence-electron chi connectivity index (χ0n) is 14.2. The molecule has 3 heterocycles. The normalized spacial score (nSPS) is 15.5. The standard InChI is InChI=1S/C18H19N5O3/c24-16-7-10-23(18(26)19-16)14-5-8-21(9-6-14)17(25)12-22-11-13-3-1-2-4-15(13)20-22/h1-4,7,10-11,14H,5-6,8-9,12H2,(H,19,24,26). The van der Waals surface area contributed by atoms with Gasteiger partial charge in [-0.3, -0.25) is 23.8 Å². The van der Waals surface area contributed by atoms with Gasteiger partial charge in [0.05, 0.1) is 5.52 Å². The molecule has 1 fully saturated rings. The summed E-state index contributed by atoms with van der Waals surface area (Å²) in [6.07, 6.45) is 4.76. The number of aromatic amines is 1. The first kappa shape index (κ1) is 16.3. The summed E-state index contributed by atoms with van der Waals surface area (Å²) in [6.45, 7) is 1.36. The van der Waals surface area contributed by atoms with Crippen LogP contribution in [0.5, 0.6) is 0 Å². The second-order valence-corrected chi connectivity index (χ2v) is 6.51. The first-order valence-electron chi connectivity index (χ1n) is 8.61. The number of benzene rings is 1. The van der Waals surface area contributed by atoms with Crippen molar-refractivity contribution in [2.45, 2.75) is 25.4 Å². The molecule has 8 heteroatoms. The Hall–Kier alpha value is -3.16. The molecule has 0 bridgehead atoms. The fourth-order valence-electron chi connectivity index (χ4n) is 3.44. The second kappa shape index (κ2) is 6.62. The van der Waals surface area contributed by atoms with Gasteiger partial charge in [0.15, 0.2) is 0 Å². The predicted molar refractivity (Wildman–Crippen MR) is 95.9 cm³/mol. The van der Waals surface area contributed by atoms with Gasteiger partial charge in [0.25, 0.3) is 5.56 Å². The third-order valence-electron chi connectivity index (χ3n) is 4.82. The maximum atomic E-state index is 12.5. The van der Waals surface area contributed by atoms with Gasteiger partial charge in [-0.2, -0.15) is 5.10 Å². The van der Waals surface area contributed by atoms with Gasteiger partial charge in [0.2, 0.25) is 5.91 Å². The number of amides is 1. The molecule has 1 aliphatic rings. The van der Waals surface area contributed by atoms with Crippen LogP contribution in [0.25, 0.3) is 10.9 Å². The van der Waals surface area contributed by atoms with Crippen LogP contribution in [-0.2, 0) is 11.3 Å². The van der Waals surface area contributed by atoms with Crippen LogP contribution in [0, 0.1) is 0 Å². The molecule has 1 aliphatic heterocycles. The molecule has 0 saturated carbocycles. The summed E-state index contributed by atoms with van der Waals surface area (Å²) in [5.41, 5.74) is 0.0763. The molecule has 4 rings (SSSR count). The lowest BCUT2D eigenvalue weighted by atomic mass is 10.0. The Balaban J connectivity index is 1.40. The fourth-order valence-corrected chi connectivity index (χ4v) is 3.44. The Kier molecular flexibility index (Phi) is 4.16. The van der Waals surface area contributed by atoms with Crippen molar-refractivity contribution in [3.05, 3.63) is 63.6 Å². The van der Waals surface area contributed by atoms with Gasteiger partial charge in [-0.05, 0) is 18.9 Å². The van der Waals surface area contributed by atoms with Crippen LogP contribution in [-0.4, -0.2) is 43.2 Å². The number of hydrogen-bond acceptors (Lipinski definition) is 4. The van der Waals surface area contributed by atoms with Crippen LogP contribution in [0.2, 0.25) is 0 Å². The summed E-state index contributed by atoms with van der Waals surface area (Å²) in [7, 11) is 0. The molecular weight excluding hydrogens is 334 g/mol. The maximum Gasteiger partial charge on any atom is 0.328 e. The SMILES string of the molecule is O=C(Cn1cc2ccccc2n1)N1CCC(n2ccc(=O)[nH]c2=O)CC1. The van der Waals surface area contributed by atoms with Crippen LogP contribution < -0.4 is 11.2 Å². The van der Waals surface area contributed by atoms with Crippen molar-refractivity contribution in [2.24, 2.45) is 0 Å². The van der Waals surface area contributed by atoms with E-state index in [0.717, 1.165) is 10.9 Å². The third kappa shape index (κ3) is 3.17. The topological polar surface area (TPSA) is 93.0 Å². The molecule has 1 aromatic carbocycles. The smallest absolute Gasteiger partial charge is 0.328 e. The van der Waals surface area contributed by atoms with Gasteiger partial charge < -0.3 is 4.90 Å². The number of nitrogens with zero attached hydrogens (tertiary/aromatic N) is 4. The molecule has 1 N–H and O–H groups in total. The molecule has 3 aromatic rings. The number of carbonyl (C=O) groups is 1. The number of rotatable bonds is 3. The lowest BCUT2D eigenvalue weighted by molar-refractivity contribution is -0.133. The van der Waals surface area contributed by atoms with E-state index in [1.54, 1.807) is 14.1 Å². The van der Waals surface area contributed by atoms with Crippen molar-refractivity contribution < 1.29 is 4.79 Å². The molecule has 134 valence electrons. The van der Waals surface area contributed by atoms with E-state index in [0.29, 0.717) is 25.9 Å². The monoisotopic (exact) mass is 353 g/mol. The Labute approximate surface area is 148 Å². The Morgan fingerprint density at radius 1 is 1.15 bits per heavy atom. The summed E-state index contributed by atoms with van der Waals surface area (Å²) in [4.78, 5) is 39.7. The van der Waals surface area contributed by atoms with Crippen molar-refractivity contribution in [2.75, 3.05) is 13.1 Å². The van der Waals surface area contributed by atoms with Gasteiger partial charge in [-0.1, -0.05) is 18.2 Å². The molecule has 26 heavy (non-hydrogen) atoms. The fraction of sp³-hybridized carbons (Fsp3) is 0.333. The highest BCUT2D eigenvalue weighted by Crippen LogP contribution is 2.21. The maximum absolute atomic E-state index is 12.5. The Morgan fingerprint density at radius 3 is 2.65 bits per heavy atom. The quantitative estimate of drug-likeness (QED) is 0.752. The van der Waals surface area contributed by atoms with Gasteiger partial charge in [0, 0.05) is 43.0 Å². The first-order valence-corrected chi connectivity index (χ1v) is 8.61. The summed E-state index contributed by atoms with van der Waals surface area (Å²) < 4.78 is 3.22. The number of likely N-dealkylation sites (tertiary alicyclic amines) is 1. The number of fused-ring (bicyclic) bond motifs is 1. The van der Waals surface area contributed by atoms with Crippen molar-refractivity contribution in [3.8, 4) is 0 Å². The molecule has 0 aliphatic carbocycles. The van der Waals surface area contributed by atoms with E-state index in [1.165, 1.54) is 12.3 Å². The van der Waals surface area contributed by atoms with Gasteiger partial charge in [-0.25, -0.2) is 4.79 Å². The Morgan fingerprint density at radius 2 is 1.92 bits per heavy atom. The highest BCUT2D eigenvalue weighted by atomic mass is 16.2. The van der Waals surface area contributed by atoms with Crippen molar-refractivity contribution in [3.63, 3.8) is 0 Å². The number of piperidine rings is 1. The largest absolute Gasteiger partial charge is 0.341 e. The minimum absolute atomic E-state index is 0.00399. The van der Waals surface area contributed by atoms with Gasteiger partial charge in [0.1, 0.15) is 6.54 Å². The van der Waals surface area contributed by atoms with E-state index in [9.17, 15) is 14.4 Å². The average molecular weight is 353 g/mol. The molecule has 0 atom stereocenters. The van der Waals surface area contributed by atoms with Crippen LogP contribution >= 0.6 is 0 Å². The van der Waals surface area contributed by atoms with Crippen molar-refractivity contribution in [1.82, 2.24) is 24.2 Å². The summed E-state index contributed by atoms with van der Waals surface area (Å²) in [5, 5.41) is 5.43. The van der Waals surface area contributed by atoms with E-state index in [2.05, 4.69) is 10.1 Å². The molecule has 1 saturated heterocycles. The van der Waals surface area contributed by atoms with Crippen molar-refractivity contribution in [1.29, 1.82) is 0 Å². The van der Waals surface area contributed by atoms with E-state index < -0.39 is 11.2 Å². The van der Waals surface area contributed by atoms with Crippen molar-refractivity contribution >= 4 is 16.8 Å². The van der Waals surface area contributed by atoms with E-state index in [1.807, 2.05) is 30.5 Å². The van der Waals surface area contributed by atoms with Gasteiger partial charge >= 0.3 is 5.69 Å². The minimum atomic E-state index is -0.398. The van der Waals surface area contributed by atoms with E-state index >= 15 is 0 Å². The number of nitrogens with one attached hydrogen (secondary N) is 1. The zero-order valence-corrected chi connectivity index (χ0v) is 14.2. The highest BCUT2D eigenvalue weighted by molar-refractivity contribution is 5.79. The summed E-state index contributed by atoms with van der Waals surface area (Å²) in [6, 6.07) is 9.10. The summed E-state index contributed by atoms with van der Waals surface area (Å²) >= 11 is 0.